The Kier molecular flexibility index (Phi) is 13.6. The minimum absolute atomic E-state index is 0.514. The second-order valence-corrected chi connectivity index (χ2v) is 24.5. The zero-order valence-corrected chi connectivity index (χ0v) is 51.8. The predicted molar refractivity (Wildman–Crippen MR) is 376 cm³/mol. The molecule has 0 N–H and O–H groups in total. The van der Waals surface area contributed by atoms with E-state index in [0.29, 0.717) is 23.2 Å². The lowest BCUT2D eigenvalue weighted by Gasteiger charge is -2.20. The fraction of sp³-hybridized carbons (Fsp3) is 0.0952. The Bertz CT molecular complexity index is 5190. The first-order chi connectivity index (χ1) is 43.8. The van der Waals surface area contributed by atoms with Gasteiger partial charge in [-0.15, -0.1) is 0 Å². The first-order valence-electron chi connectivity index (χ1n) is 30.8. The molecule has 0 fully saturated rings. The molecule has 0 bridgehead atoms. The summed E-state index contributed by atoms with van der Waals surface area (Å²) in [5, 5.41) is 4.56. The molecule has 6 heteroatoms. The number of fused-ring (bicyclic) bond motifs is 6. The van der Waals surface area contributed by atoms with Crippen LogP contribution in [-0.4, -0.2) is 24.1 Å². The van der Waals surface area contributed by atoms with Crippen LogP contribution in [0.5, 0.6) is 0 Å². The lowest BCUT2D eigenvalue weighted by Crippen LogP contribution is -2.03. The van der Waals surface area contributed by atoms with Crippen LogP contribution in [0.15, 0.2) is 243 Å². The van der Waals surface area contributed by atoms with Crippen molar-refractivity contribution in [2.45, 2.75) is 55.4 Å². The monoisotopic (exact) mass is 1160 g/mol. The molecule has 15 aromatic rings. The minimum atomic E-state index is 0.514. The summed E-state index contributed by atoms with van der Waals surface area (Å²) in [6.07, 6.45) is 0. The fourth-order valence-corrected chi connectivity index (χ4v) is 13.8. The summed E-state index contributed by atoms with van der Waals surface area (Å²) >= 11 is 0. The third-order valence-corrected chi connectivity index (χ3v) is 18.1. The number of hydrogen-bond donors (Lipinski definition) is 0. The highest BCUT2D eigenvalue weighted by molar-refractivity contribution is 6.14. The zero-order chi connectivity index (χ0) is 61.5. The zero-order valence-electron chi connectivity index (χ0n) is 51.8. The van der Waals surface area contributed by atoms with Gasteiger partial charge in [0.1, 0.15) is 0 Å². The molecule has 12 aromatic carbocycles. The molecule has 0 aliphatic carbocycles. The average Bonchev–Trinajstić information content (AvgIpc) is 1.57. The number of hydrogen-bond acceptors (Lipinski definition) is 3. The van der Waals surface area contributed by atoms with Gasteiger partial charge in [0.05, 0.1) is 34.3 Å². The smallest absolute Gasteiger partial charge is 0.188 e. The third kappa shape index (κ3) is 9.73. The molecule has 0 saturated heterocycles. The topological polar surface area (TPSA) is 52.9 Å². The Morgan fingerprint density at radius 2 is 0.644 bits per heavy atom. The SMILES string of the molecule is [C-]#[N+]c1ccc(-n2c3ccc(-c4ccc(C)cc4C)cc3c3cc(-c4ccc(C)cc4C)ccc32)c(-c2cc(-n3c4ccc(-c5ccc(C)cc5C)cc4c4cc(-c5ccc(C)cc5C)ccc43)ccc2-c2nc(-c3ccccc3)nc(-c3ccccc3)n2)c1. The maximum atomic E-state index is 8.67. The van der Waals surface area contributed by atoms with Crippen LogP contribution in [0, 0.1) is 62.0 Å². The summed E-state index contributed by atoms with van der Waals surface area (Å²) in [7, 11) is 0. The Balaban J connectivity index is 1.03. The Labute approximate surface area is 525 Å². The molecule has 0 spiro atoms. The lowest BCUT2D eigenvalue weighted by atomic mass is 9.95. The van der Waals surface area contributed by atoms with Gasteiger partial charge in [-0.1, -0.05) is 186 Å². The number of aryl methyl sites for hydroxylation is 8. The van der Waals surface area contributed by atoms with Crippen molar-refractivity contribution in [3.05, 3.63) is 299 Å². The Morgan fingerprint density at radius 3 is 1.02 bits per heavy atom. The van der Waals surface area contributed by atoms with E-state index in [2.05, 4.69) is 245 Å². The van der Waals surface area contributed by atoms with E-state index in [4.69, 9.17) is 21.5 Å². The van der Waals surface area contributed by atoms with Crippen LogP contribution in [0.3, 0.4) is 0 Å². The van der Waals surface area contributed by atoms with Gasteiger partial charge < -0.3 is 9.13 Å². The van der Waals surface area contributed by atoms with Gasteiger partial charge in [0.15, 0.2) is 23.2 Å². The first-order valence-corrected chi connectivity index (χ1v) is 30.8. The molecule has 15 rings (SSSR count). The molecule has 0 aliphatic heterocycles. The van der Waals surface area contributed by atoms with Crippen LogP contribution in [0.4, 0.5) is 5.69 Å². The highest BCUT2D eigenvalue weighted by Crippen LogP contribution is 2.46. The van der Waals surface area contributed by atoms with Crippen LogP contribution < -0.4 is 0 Å². The van der Waals surface area contributed by atoms with Crippen LogP contribution >= 0.6 is 0 Å². The molecule has 3 heterocycles. The molecule has 0 saturated carbocycles. The van der Waals surface area contributed by atoms with Gasteiger partial charge in [-0.25, -0.2) is 19.8 Å². The third-order valence-electron chi connectivity index (χ3n) is 18.1. The quantitative estimate of drug-likeness (QED) is 0.128. The predicted octanol–water partition coefficient (Wildman–Crippen LogP) is 22.4. The van der Waals surface area contributed by atoms with E-state index in [1.807, 2.05) is 66.7 Å². The molecule has 3 aromatic heterocycles. The van der Waals surface area contributed by atoms with Gasteiger partial charge in [0, 0.05) is 43.9 Å². The summed E-state index contributed by atoms with van der Waals surface area (Å²) in [4.78, 5) is 20.2. The Hall–Kier alpha value is -11.3. The van der Waals surface area contributed by atoms with Crippen molar-refractivity contribution in [2.75, 3.05) is 0 Å². The van der Waals surface area contributed by atoms with Gasteiger partial charge in [-0.05, 0) is 212 Å². The van der Waals surface area contributed by atoms with Crippen LogP contribution in [0.1, 0.15) is 44.5 Å². The molecule has 430 valence electrons. The summed E-state index contributed by atoms with van der Waals surface area (Å²) < 4.78 is 4.82. The second kappa shape index (κ2) is 22.2. The highest BCUT2D eigenvalue weighted by atomic mass is 15.0. The van der Waals surface area contributed by atoms with Crippen molar-refractivity contribution in [2.24, 2.45) is 0 Å². The number of rotatable bonds is 10. The Morgan fingerprint density at radius 1 is 0.278 bits per heavy atom. The van der Waals surface area contributed by atoms with Gasteiger partial charge in [-0.2, -0.15) is 0 Å². The largest absolute Gasteiger partial charge is 0.309 e. The molecule has 0 unspecified atom stereocenters. The van der Waals surface area contributed by atoms with E-state index < -0.39 is 0 Å². The minimum Gasteiger partial charge on any atom is -0.309 e. The lowest BCUT2D eigenvalue weighted by molar-refractivity contribution is 1.07. The maximum Gasteiger partial charge on any atom is 0.188 e. The summed E-state index contributed by atoms with van der Waals surface area (Å²) in [6, 6.07) is 87.8. The number of aromatic nitrogens is 5. The molecule has 90 heavy (non-hydrogen) atoms. The van der Waals surface area contributed by atoms with Crippen LogP contribution in [0.25, 0.3) is 150 Å². The van der Waals surface area contributed by atoms with Crippen LogP contribution in [0.2, 0.25) is 0 Å². The maximum absolute atomic E-state index is 8.67. The summed E-state index contributed by atoms with van der Waals surface area (Å²) in [6.45, 7) is 26.1. The van der Waals surface area contributed by atoms with E-state index in [1.54, 1.807) is 0 Å². The fourth-order valence-electron chi connectivity index (χ4n) is 13.8. The van der Waals surface area contributed by atoms with E-state index in [-0.39, 0.29) is 0 Å². The van der Waals surface area contributed by atoms with Crippen molar-refractivity contribution >= 4 is 49.3 Å². The summed E-state index contributed by atoms with van der Waals surface area (Å²) in [5.74, 6) is 1.64. The highest BCUT2D eigenvalue weighted by Gasteiger charge is 2.25. The molecule has 0 atom stereocenters. The van der Waals surface area contributed by atoms with Gasteiger partial charge in [0.2, 0.25) is 0 Å². The van der Waals surface area contributed by atoms with E-state index in [0.717, 1.165) is 93.9 Å². The molecular weight excluding hydrogens is 1090 g/mol. The molecular formula is C84H64N6. The van der Waals surface area contributed by atoms with Crippen LogP contribution in [-0.2, 0) is 0 Å². The second-order valence-electron chi connectivity index (χ2n) is 24.5. The van der Waals surface area contributed by atoms with Crippen molar-refractivity contribution in [3.63, 3.8) is 0 Å². The van der Waals surface area contributed by atoms with Crippen molar-refractivity contribution in [1.29, 1.82) is 0 Å². The first kappa shape index (κ1) is 55.3. The van der Waals surface area contributed by atoms with Gasteiger partial charge in [0.25, 0.3) is 0 Å². The van der Waals surface area contributed by atoms with E-state index in [9.17, 15) is 0 Å². The van der Waals surface area contributed by atoms with E-state index >= 15 is 0 Å². The van der Waals surface area contributed by atoms with Gasteiger partial charge >= 0.3 is 0 Å². The van der Waals surface area contributed by atoms with E-state index in [1.165, 1.54) is 77.9 Å². The normalized spacial score (nSPS) is 11.5. The van der Waals surface area contributed by atoms with Crippen molar-refractivity contribution < 1.29 is 0 Å². The average molecular weight is 1160 g/mol. The van der Waals surface area contributed by atoms with Gasteiger partial charge in [-0.3, -0.25) is 0 Å². The number of benzene rings is 12. The molecule has 6 nitrogen and oxygen atoms in total. The molecule has 0 radical (unpaired) electrons. The molecule has 0 amide bonds. The standard InChI is InChI=1S/C84H64N6/c1-50-20-30-66(54(5)40-50)60-24-35-77-72(44-60)73-45-61(67-31-21-51(2)41-55(67)6)25-36-78(73)89(77)65-29-34-70(84-87-82(58-16-12-10-13-17-58)86-83(88-84)59-18-14-11-15-19-59)71(49-65)76-48-64(85-9)28-39-81(76)90-79-37-26-62(68-32-22-52(3)42-56(68)7)46-74(79)75-47-63(27-38-80(75)90)69-33-23-53(4)43-57(69)8/h10-49H,1-8H3. The number of nitrogens with zero attached hydrogens (tertiary/aromatic N) is 6. The van der Waals surface area contributed by atoms with Crippen molar-refractivity contribution in [1.82, 2.24) is 24.1 Å². The van der Waals surface area contributed by atoms with Crippen molar-refractivity contribution in [3.8, 4) is 101 Å². The molecule has 0 aliphatic rings. The summed E-state index contributed by atoms with van der Waals surface area (Å²) in [5.41, 5.74) is 30.2.